The predicted molar refractivity (Wildman–Crippen MR) is 111 cm³/mol. The number of likely N-dealkylation sites (tertiary alicyclic amines) is 1. The molecule has 2 amide bonds. The van der Waals surface area contributed by atoms with Gasteiger partial charge in [0.25, 0.3) is 0 Å². The fourth-order valence-corrected chi connectivity index (χ4v) is 4.80. The third kappa shape index (κ3) is 3.66. The van der Waals surface area contributed by atoms with E-state index in [4.69, 9.17) is 0 Å². The molecule has 0 spiro atoms. The highest BCUT2D eigenvalue weighted by Gasteiger charge is 2.38. The van der Waals surface area contributed by atoms with Gasteiger partial charge in [-0.2, -0.15) is 0 Å². The van der Waals surface area contributed by atoms with Crippen LogP contribution in [0.3, 0.4) is 0 Å². The van der Waals surface area contributed by atoms with Gasteiger partial charge in [-0.15, -0.1) is 0 Å². The molecule has 0 saturated carbocycles. The van der Waals surface area contributed by atoms with Gasteiger partial charge in [0.1, 0.15) is 17.3 Å². The van der Waals surface area contributed by atoms with Crippen LogP contribution in [0.15, 0.2) is 42.7 Å². The number of piperidine rings is 1. The van der Waals surface area contributed by atoms with Gasteiger partial charge >= 0.3 is 0 Å². The van der Waals surface area contributed by atoms with Gasteiger partial charge in [0.15, 0.2) is 0 Å². The van der Waals surface area contributed by atoms with Gasteiger partial charge in [-0.3, -0.25) is 9.59 Å². The first-order valence-electron chi connectivity index (χ1n) is 10.5. The monoisotopic (exact) mass is 424 g/mol. The van der Waals surface area contributed by atoms with Gasteiger partial charge in [0, 0.05) is 55.6 Å². The Labute approximate surface area is 177 Å². The Bertz CT molecular complexity index is 1130. The number of pyridine rings is 1. The van der Waals surface area contributed by atoms with Crippen LogP contribution < -0.4 is 4.90 Å². The van der Waals surface area contributed by atoms with Crippen molar-refractivity contribution in [2.24, 2.45) is 5.92 Å². The first kappa shape index (κ1) is 19.7. The number of nitrogens with zero attached hydrogens (tertiary/aromatic N) is 3. The minimum Gasteiger partial charge on any atom is -0.346 e. The highest BCUT2D eigenvalue weighted by Crippen LogP contribution is 2.34. The minimum atomic E-state index is -0.743. The van der Waals surface area contributed by atoms with Crippen molar-refractivity contribution in [3.05, 3.63) is 59.9 Å². The fourth-order valence-electron chi connectivity index (χ4n) is 4.80. The van der Waals surface area contributed by atoms with Crippen LogP contribution in [0, 0.1) is 17.6 Å². The predicted octanol–water partition coefficient (Wildman–Crippen LogP) is 3.60. The topological polar surface area (TPSA) is 69.3 Å². The average Bonchev–Trinajstić information content (AvgIpc) is 3.36. The molecule has 2 fully saturated rings. The normalized spacial score (nSPS) is 20.1. The lowest BCUT2D eigenvalue weighted by Gasteiger charge is -2.33. The molecule has 8 heteroatoms. The van der Waals surface area contributed by atoms with Gasteiger partial charge in [0.2, 0.25) is 11.8 Å². The Balaban J connectivity index is 1.24. The zero-order valence-corrected chi connectivity index (χ0v) is 16.9. The highest BCUT2D eigenvalue weighted by atomic mass is 19.1. The van der Waals surface area contributed by atoms with Crippen molar-refractivity contribution in [3.63, 3.8) is 0 Å². The van der Waals surface area contributed by atoms with Gasteiger partial charge in [-0.05, 0) is 48.6 Å². The molecule has 2 saturated heterocycles. The van der Waals surface area contributed by atoms with Crippen molar-refractivity contribution in [3.8, 4) is 0 Å². The number of halogens is 2. The van der Waals surface area contributed by atoms with Crippen LogP contribution in [0.2, 0.25) is 0 Å². The summed E-state index contributed by atoms with van der Waals surface area (Å²) < 4.78 is 27.1. The average molecular weight is 424 g/mol. The summed E-state index contributed by atoms with van der Waals surface area (Å²) >= 11 is 0. The van der Waals surface area contributed by atoms with E-state index in [1.165, 1.54) is 10.5 Å². The molecule has 2 aliphatic rings. The van der Waals surface area contributed by atoms with Gasteiger partial charge < -0.3 is 14.8 Å². The van der Waals surface area contributed by atoms with E-state index in [9.17, 15) is 18.4 Å². The number of hydrogen-bond acceptors (Lipinski definition) is 3. The fraction of sp³-hybridized carbons (Fsp3) is 0.348. The first-order valence-corrected chi connectivity index (χ1v) is 10.5. The molecule has 1 N–H and O–H groups in total. The Morgan fingerprint density at radius 3 is 2.61 bits per heavy atom. The second-order valence-corrected chi connectivity index (χ2v) is 8.28. The van der Waals surface area contributed by atoms with Crippen molar-refractivity contribution < 1.29 is 18.4 Å². The number of carbonyl (C=O) groups is 2. The molecule has 1 unspecified atom stereocenters. The summed E-state index contributed by atoms with van der Waals surface area (Å²) in [4.78, 5) is 36.1. The second-order valence-electron chi connectivity index (χ2n) is 8.28. The zero-order valence-electron chi connectivity index (χ0n) is 16.9. The second kappa shape index (κ2) is 7.76. The van der Waals surface area contributed by atoms with E-state index in [-0.39, 0.29) is 30.5 Å². The maximum atomic E-state index is 13.5. The zero-order chi connectivity index (χ0) is 21.5. The molecule has 0 radical (unpaired) electrons. The van der Waals surface area contributed by atoms with E-state index in [0.717, 1.165) is 42.1 Å². The SMILES string of the molecule is O=C(C1CC(=O)N(c2cc(F)cc(F)c2)C1)N1CCC(c2c[nH]c3ncccc23)CC1. The van der Waals surface area contributed by atoms with Crippen LogP contribution in [-0.4, -0.2) is 46.3 Å². The summed E-state index contributed by atoms with van der Waals surface area (Å²) in [5.74, 6) is -1.98. The summed E-state index contributed by atoms with van der Waals surface area (Å²) in [6, 6.07) is 6.98. The number of aromatic nitrogens is 2. The van der Waals surface area contributed by atoms with Crippen molar-refractivity contribution >= 4 is 28.5 Å². The number of benzene rings is 1. The number of rotatable bonds is 3. The van der Waals surface area contributed by atoms with Gasteiger partial charge in [-0.25, -0.2) is 13.8 Å². The quantitative estimate of drug-likeness (QED) is 0.699. The van der Waals surface area contributed by atoms with Crippen LogP contribution in [0.4, 0.5) is 14.5 Å². The molecular weight excluding hydrogens is 402 g/mol. The van der Waals surface area contributed by atoms with Crippen LogP contribution in [-0.2, 0) is 9.59 Å². The Hall–Kier alpha value is -3.29. The number of nitrogens with one attached hydrogen (secondary N) is 1. The lowest BCUT2D eigenvalue weighted by atomic mass is 9.89. The van der Waals surface area contributed by atoms with E-state index >= 15 is 0 Å². The third-order valence-corrected chi connectivity index (χ3v) is 6.36. The number of aromatic amines is 1. The molecule has 0 aliphatic carbocycles. The van der Waals surface area contributed by atoms with E-state index in [2.05, 4.69) is 16.0 Å². The van der Waals surface area contributed by atoms with E-state index in [1.807, 2.05) is 17.2 Å². The highest BCUT2D eigenvalue weighted by molar-refractivity contribution is 6.00. The molecule has 6 nitrogen and oxygen atoms in total. The first-order chi connectivity index (χ1) is 15.0. The number of carbonyl (C=O) groups excluding carboxylic acids is 2. The van der Waals surface area contributed by atoms with Crippen LogP contribution in [0.25, 0.3) is 11.0 Å². The molecule has 5 rings (SSSR count). The van der Waals surface area contributed by atoms with Crippen LogP contribution >= 0.6 is 0 Å². The molecule has 1 atom stereocenters. The lowest BCUT2D eigenvalue weighted by molar-refractivity contribution is -0.136. The van der Waals surface area contributed by atoms with Crippen molar-refractivity contribution in [2.75, 3.05) is 24.5 Å². The summed E-state index contributed by atoms with van der Waals surface area (Å²) in [5.41, 5.74) is 2.25. The lowest BCUT2D eigenvalue weighted by Crippen LogP contribution is -2.42. The number of anilines is 1. The minimum absolute atomic E-state index is 0.0605. The number of H-pyrrole nitrogens is 1. The molecule has 2 aliphatic heterocycles. The molecule has 160 valence electrons. The van der Waals surface area contributed by atoms with Crippen molar-refractivity contribution in [2.45, 2.75) is 25.2 Å². The summed E-state index contributed by atoms with van der Waals surface area (Å²) in [6.45, 7) is 1.39. The van der Waals surface area contributed by atoms with E-state index in [1.54, 1.807) is 6.20 Å². The molecule has 0 bridgehead atoms. The van der Waals surface area contributed by atoms with Crippen LogP contribution in [0.1, 0.15) is 30.7 Å². The number of amides is 2. The third-order valence-electron chi connectivity index (χ3n) is 6.36. The van der Waals surface area contributed by atoms with Crippen molar-refractivity contribution in [1.29, 1.82) is 0 Å². The molecule has 31 heavy (non-hydrogen) atoms. The maximum absolute atomic E-state index is 13.5. The van der Waals surface area contributed by atoms with E-state index in [0.29, 0.717) is 19.0 Å². The smallest absolute Gasteiger partial charge is 0.228 e. The molecular formula is C23H22F2N4O2. The molecule has 2 aromatic heterocycles. The Morgan fingerprint density at radius 2 is 1.87 bits per heavy atom. The van der Waals surface area contributed by atoms with E-state index < -0.39 is 17.6 Å². The molecule has 3 aromatic rings. The maximum Gasteiger partial charge on any atom is 0.228 e. The molecule has 4 heterocycles. The van der Waals surface area contributed by atoms with Gasteiger partial charge in [-0.1, -0.05) is 0 Å². The summed E-state index contributed by atoms with van der Waals surface area (Å²) in [5, 5.41) is 1.12. The van der Waals surface area contributed by atoms with Crippen molar-refractivity contribution in [1.82, 2.24) is 14.9 Å². The Morgan fingerprint density at radius 1 is 1.13 bits per heavy atom. The number of fused-ring (bicyclic) bond motifs is 1. The van der Waals surface area contributed by atoms with Gasteiger partial charge in [0.05, 0.1) is 5.92 Å². The largest absolute Gasteiger partial charge is 0.346 e. The summed E-state index contributed by atoms with van der Waals surface area (Å²) in [7, 11) is 0. The van der Waals surface area contributed by atoms with Crippen LogP contribution in [0.5, 0.6) is 0 Å². The standard InChI is InChI=1S/C23H22F2N4O2/c24-16-9-17(25)11-18(10-16)29-13-15(8-21(29)30)23(31)28-6-3-14(4-7-28)20-12-27-22-19(20)2-1-5-26-22/h1-2,5,9-12,14-15H,3-4,6-8,13H2,(H,26,27). The Kier molecular flexibility index (Phi) is 4.92. The number of hydrogen-bond donors (Lipinski definition) is 1. The summed E-state index contributed by atoms with van der Waals surface area (Å²) in [6.07, 6.45) is 5.50. The molecule has 1 aromatic carbocycles.